The van der Waals surface area contributed by atoms with E-state index in [4.69, 9.17) is 14.2 Å². The van der Waals surface area contributed by atoms with E-state index in [9.17, 15) is 14.4 Å². The average Bonchev–Trinajstić information content (AvgIpc) is 3.30. The molecule has 0 aliphatic heterocycles. The Morgan fingerprint density at radius 2 is 0.631 bits per heavy atom. The van der Waals surface area contributed by atoms with Gasteiger partial charge in [-0.25, -0.2) is 0 Å². The summed E-state index contributed by atoms with van der Waals surface area (Å²) in [5.74, 6) is -0.983. The summed E-state index contributed by atoms with van der Waals surface area (Å²) in [6.07, 6.45) is 67.7. The second-order valence-corrected chi connectivity index (χ2v) is 18.1. The van der Waals surface area contributed by atoms with Crippen molar-refractivity contribution in [2.75, 3.05) is 13.2 Å². The number of carbonyl (C=O) groups is 3. The van der Waals surface area contributed by atoms with Gasteiger partial charge in [0.15, 0.2) is 6.10 Å². The van der Waals surface area contributed by atoms with Gasteiger partial charge in [0.25, 0.3) is 0 Å². The molecule has 0 amide bonds. The van der Waals surface area contributed by atoms with Gasteiger partial charge in [-0.3, -0.25) is 14.4 Å². The molecule has 6 heteroatoms. The molecule has 0 aliphatic carbocycles. The van der Waals surface area contributed by atoms with Crippen LogP contribution in [0.1, 0.15) is 265 Å². The smallest absolute Gasteiger partial charge is 0.306 e. The molecule has 6 nitrogen and oxygen atoms in total. The number of carbonyl (C=O) groups excluding carboxylic acids is 3. The SMILES string of the molecule is CC/C=C\C/C=C\C/C=C\C/C=C\CCC(=O)OC(COC(=O)CCCCCCCCCCCCC)COC(=O)CCCCCCCCCCCCC/C=C\C/C=C\CCCCCCC. The van der Waals surface area contributed by atoms with Crippen molar-refractivity contribution in [3.8, 4) is 0 Å². The molecule has 0 heterocycles. The molecule has 0 N–H and O–H groups in total. The van der Waals surface area contributed by atoms with Gasteiger partial charge < -0.3 is 14.2 Å². The van der Waals surface area contributed by atoms with Crippen LogP contribution >= 0.6 is 0 Å². The first-order valence-electron chi connectivity index (χ1n) is 27.4. The maximum absolute atomic E-state index is 12.7. The van der Waals surface area contributed by atoms with Crippen molar-refractivity contribution >= 4 is 17.9 Å². The number of allylic oxidation sites excluding steroid dienone is 12. The summed E-state index contributed by atoms with van der Waals surface area (Å²) in [6, 6.07) is 0. The van der Waals surface area contributed by atoms with Gasteiger partial charge in [0.1, 0.15) is 13.2 Å². The molecule has 0 rings (SSSR count). The minimum Gasteiger partial charge on any atom is -0.462 e. The highest BCUT2D eigenvalue weighted by Crippen LogP contribution is 2.15. The largest absolute Gasteiger partial charge is 0.462 e. The van der Waals surface area contributed by atoms with E-state index in [2.05, 4.69) is 81.5 Å². The van der Waals surface area contributed by atoms with Crippen LogP contribution in [0.3, 0.4) is 0 Å². The molecule has 1 unspecified atom stereocenters. The monoisotopic (exact) mass is 907 g/mol. The van der Waals surface area contributed by atoms with Crippen molar-refractivity contribution in [1.29, 1.82) is 0 Å². The molecule has 374 valence electrons. The fourth-order valence-corrected chi connectivity index (χ4v) is 7.60. The predicted molar refractivity (Wildman–Crippen MR) is 279 cm³/mol. The standard InChI is InChI=1S/C59H102O6/c1-4-7-10-13-16-19-22-24-25-26-27-28-29-30-31-32-33-35-37-40-43-46-49-52-58(61)64-55-56(54-63-57(60)51-48-45-42-39-36-21-18-15-12-9-6-3)65-59(62)53-50-47-44-41-38-34-23-20-17-14-11-8-5-2/h8,11,17,20,22,24,26-27,34,38,44,47,56H,4-7,9-10,12-16,18-19,21,23,25,28-33,35-37,39-43,45-46,48-55H2,1-3H3/b11-8-,20-17-,24-22-,27-26-,38-34-,47-44-. The summed E-state index contributed by atoms with van der Waals surface area (Å²) in [7, 11) is 0. The highest BCUT2D eigenvalue weighted by Gasteiger charge is 2.19. The molecule has 0 aromatic rings. The van der Waals surface area contributed by atoms with E-state index in [1.807, 2.05) is 12.2 Å². The van der Waals surface area contributed by atoms with Crippen molar-refractivity contribution in [2.24, 2.45) is 0 Å². The van der Waals surface area contributed by atoms with E-state index >= 15 is 0 Å². The molecule has 1 atom stereocenters. The van der Waals surface area contributed by atoms with Gasteiger partial charge in [0.05, 0.1) is 0 Å². The Balaban J connectivity index is 4.32. The summed E-state index contributed by atoms with van der Waals surface area (Å²) < 4.78 is 16.7. The highest BCUT2D eigenvalue weighted by molar-refractivity contribution is 5.71. The van der Waals surface area contributed by atoms with E-state index in [1.165, 1.54) is 148 Å². The molecule has 0 radical (unpaired) electrons. The van der Waals surface area contributed by atoms with Crippen LogP contribution in [0.15, 0.2) is 72.9 Å². The quantitative estimate of drug-likeness (QED) is 0.0262. The molecule has 65 heavy (non-hydrogen) atoms. The second-order valence-electron chi connectivity index (χ2n) is 18.1. The lowest BCUT2D eigenvalue weighted by Crippen LogP contribution is -2.30. The number of hydrogen-bond donors (Lipinski definition) is 0. The number of esters is 3. The van der Waals surface area contributed by atoms with Gasteiger partial charge in [-0.15, -0.1) is 0 Å². The third-order valence-electron chi connectivity index (χ3n) is 11.7. The summed E-state index contributed by atoms with van der Waals surface area (Å²) in [5, 5.41) is 0. The van der Waals surface area contributed by atoms with Crippen LogP contribution in [0.4, 0.5) is 0 Å². The zero-order chi connectivity index (χ0) is 47.2. The van der Waals surface area contributed by atoms with Crippen molar-refractivity contribution in [1.82, 2.24) is 0 Å². The predicted octanol–water partition coefficient (Wildman–Crippen LogP) is 18.2. The van der Waals surface area contributed by atoms with Crippen LogP contribution in [-0.4, -0.2) is 37.2 Å². The topological polar surface area (TPSA) is 78.9 Å². The third kappa shape index (κ3) is 51.7. The fraction of sp³-hybridized carbons (Fsp3) is 0.746. The molecule has 0 saturated carbocycles. The van der Waals surface area contributed by atoms with Crippen molar-refractivity contribution < 1.29 is 28.6 Å². The Kier molecular flexibility index (Phi) is 50.9. The molecule has 0 saturated heterocycles. The molecule has 0 aromatic carbocycles. The lowest BCUT2D eigenvalue weighted by molar-refractivity contribution is -0.166. The van der Waals surface area contributed by atoms with Crippen LogP contribution < -0.4 is 0 Å². The zero-order valence-electron chi connectivity index (χ0n) is 42.7. The minimum atomic E-state index is -0.811. The molecule has 0 aromatic heterocycles. The van der Waals surface area contributed by atoms with Gasteiger partial charge in [-0.05, 0) is 77.0 Å². The van der Waals surface area contributed by atoms with E-state index in [-0.39, 0.29) is 37.5 Å². The number of hydrogen-bond acceptors (Lipinski definition) is 6. The summed E-state index contributed by atoms with van der Waals surface area (Å²) >= 11 is 0. The van der Waals surface area contributed by atoms with Crippen molar-refractivity contribution in [2.45, 2.75) is 271 Å². The lowest BCUT2D eigenvalue weighted by Gasteiger charge is -2.18. The van der Waals surface area contributed by atoms with E-state index in [0.29, 0.717) is 19.3 Å². The Hall–Kier alpha value is -3.15. The maximum atomic E-state index is 12.7. The average molecular weight is 907 g/mol. The van der Waals surface area contributed by atoms with E-state index < -0.39 is 6.10 Å². The van der Waals surface area contributed by atoms with Crippen LogP contribution in [-0.2, 0) is 28.6 Å². The normalized spacial score (nSPS) is 12.6. The molecule has 0 fully saturated rings. The molecule has 0 bridgehead atoms. The molecular weight excluding hydrogens is 805 g/mol. The number of unbranched alkanes of at least 4 members (excludes halogenated alkanes) is 26. The Morgan fingerprint density at radius 1 is 0.323 bits per heavy atom. The van der Waals surface area contributed by atoms with Crippen LogP contribution in [0.5, 0.6) is 0 Å². The molecule has 0 aliphatic rings. The first-order valence-corrected chi connectivity index (χ1v) is 27.4. The number of rotatable bonds is 49. The van der Waals surface area contributed by atoms with Crippen LogP contribution in [0.2, 0.25) is 0 Å². The zero-order valence-corrected chi connectivity index (χ0v) is 42.7. The van der Waals surface area contributed by atoms with Gasteiger partial charge in [0, 0.05) is 19.3 Å². The Morgan fingerprint density at radius 3 is 1.00 bits per heavy atom. The third-order valence-corrected chi connectivity index (χ3v) is 11.7. The second kappa shape index (κ2) is 53.5. The van der Waals surface area contributed by atoms with E-state index in [0.717, 1.165) is 70.6 Å². The van der Waals surface area contributed by atoms with Crippen LogP contribution in [0.25, 0.3) is 0 Å². The minimum absolute atomic E-state index is 0.103. The lowest BCUT2D eigenvalue weighted by atomic mass is 10.0. The summed E-state index contributed by atoms with van der Waals surface area (Å²) in [5.41, 5.74) is 0. The highest BCUT2D eigenvalue weighted by atomic mass is 16.6. The Bertz CT molecular complexity index is 1230. The Labute approximate surface area is 402 Å². The fourth-order valence-electron chi connectivity index (χ4n) is 7.60. The summed E-state index contributed by atoms with van der Waals surface area (Å²) in [6.45, 7) is 6.45. The first kappa shape index (κ1) is 61.9. The van der Waals surface area contributed by atoms with Gasteiger partial charge >= 0.3 is 17.9 Å². The van der Waals surface area contributed by atoms with Crippen molar-refractivity contribution in [3.05, 3.63) is 72.9 Å². The molecule has 0 spiro atoms. The number of ether oxygens (including phenoxy) is 3. The van der Waals surface area contributed by atoms with E-state index in [1.54, 1.807) is 0 Å². The van der Waals surface area contributed by atoms with Gasteiger partial charge in [0.2, 0.25) is 0 Å². The maximum Gasteiger partial charge on any atom is 0.306 e. The van der Waals surface area contributed by atoms with Crippen LogP contribution in [0, 0.1) is 0 Å². The first-order chi connectivity index (χ1) is 32.0. The van der Waals surface area contributed by atoms with Crippen molar-refractivity contribution in [3.63, 3.8) is 0 Å². The van der Waals surface area contributed by atoms with Gasteiger partial charge in [-0.1, -0.05) is 241 Å². The molecular formula is C59H102O6. The van der Waals surface area contributed by atoms with Gasteiger partial charge in [-0.2, -0.15) is 0 Å². The summed E-state index contributed by atoms with van der Waals surface area (Å²) in [4.78, 5) is 37.9.